The number of ether oxygens (including phenoxy) is 1. The summed E-state index contributed by atoms with van der Waals surface area (Å²) >= 11 is 0. The van der Waals surface area contributed by atoms with E-state index in [9.17, 15) is 8.42 Å². The molecule has 0 amide bonds. The first-order valence-corrected chi connectivity index (χ1v) is 10.4. The van der Waals surface area contributed by atoms with E-state index in [0.29, 0.717) is 17.0 Å². The van der Waals surface area contributed by atoms with Gasteiger partial charge in [-0.05, 0) is 80.6 Å². The number of methoxy groups -OCH3 is 1. The number of nitrogens with one attached hydrogen (secondary N) is 1. The molecule has 0 unspecified atom stereocenters. The molecule has 0 radical (unpaired) electrons. The van der Waals surface area contributed by atoms with Crippen LogP contribution in [0.2, 0.25) is 0 Å². The molecule has 5 nitrogen and oxygen atoms in total. The summed E-state index contributed by atoms with van der Waals surface area (Å²) in [5.74, 6) is 0.687. The van der Waals surface area contributed by atoms with Crippen LogP contribution in [-0.2, 0) is 10.0 Å². The minimum absolute atomic E-state index is 0.274. The molecule has 2 aromatic rings. The molecule has 0 saturated carbocycles. The number of hydrogen-bond acceptors (Lipinski definition) is 4. The molecule has 3 rings (SSSR count). The molecule has 140 valence electrons. The van der Waals surface area contributed by atoms with Crippen LogP contribution in [0.4, 0.5) is 11.4 Å². The average Bonchev–Trinajstić information content (AvgIpc) is 2.64. The van der Waals surface area contributed by atoms with Crippen LogP contribution in [0.1, 0.15) is 30.4 Å². The van der Waals surface area contributed by atoms with Gasteiger partial charge in [-0.1, -0.05) is 0 Å². The lowest BCUT2D eigenvalue weighted by molar-refractivity contribution is 0.411. The molecule has 1 heterocycles. The second-order valence-corrected chi connectivity index (χ2v) is 8.44. The van der Waals surface area contributed by atoms with Crippen molar-refractivity contribution in [3.8, 4) is 5.75 Å². The van der Waals surface area contributed by atoms with Crippen molar-refractivity contribution in [2.24, 2.45) is 0 Å². The van der Waals surface area contributed by atoms with Crippen molar-refractivity contribution in [1.29, 1.82) is 0 Å². The van der Waals surface area contributed by atoms with Gasteiger partial charge in [-0.2, -0.15) is 0 Å². The number of benzene rings is 2. The predicted molar refractivity (Wildman–Crippen MR) is 106 cm³/mol. The molecule has 0 aromatic heterocycles. The van der Waals surface area contributed by atoms with Crippen molar-refractivity contribution >= 4 is 21.4 Å². The summed E-state index contributed by atoms with van der Waals surface area (Å²) in [5, 5.41) is 0. The van der Waals surface area contributed by atoms with Gasteiger partial charge in [0.2, 0.25) is 0 Å². The van der Waals surface area contributed by atoms with E-state index < -0.39 is 10.0 Å². The van der Waals surface area contributed by atoms with Gasteiger partial charge in [0.1, 0.15) is 5.75 Å². The highest BCUT2D eigenvalue weighted by atomic mass is 32.2. The number of nitrogens with zero attached hydrogens (tertiary/aromatic N) is 1. The topological polar surface area (TPSA) is 58.6 Å². The molecule has 6 heteroatoms. The first kappa shape index (κ1) is 18.6. The highest BCUT2D eigenvalue weighted by molar-refractivity contribution is 7.92. The summed E-state index contributed by atoms with van der Waals surface area (Å²) in [6, 6.07) is 11.0. The summed E-state index contributed by atoms with van der Waals surface area (Å²) in [7, 11) is -2.07. The second-order valence-electron chi connectivity index (χ2n) is 6.79. The van der Waals surface area contributed by atoms with Crippen molar-refractivity contribution < 1.29 is 13.2 Å². The largest absolute Gasteiger partial charge is 0.496 e. The second kappa shape index (κ2) is 7.58. The van der Waals surface area contributed by atoms with Crippen LogP contribution in [0, 0.1) is 13.8 Å². The van der Waals surface area contributed by atoms with Crippen LogP contribution in [0.15, 0.2) is 41.3 Å². The molecule has 0 bridgehead atoms. The molecule has 2 aromatic carbocycles. The molecule has 0 atom stereocenters. The Morgan fingerprint density at radius 1 is 0.962 bits per heavy atom. The van der Waals surface area contributed by atoms with Crippen molar-refractivity contribution in [2.75, 3.05) is 29.8 Å². The molecule has 1 fully saturated rings. The van der Waals surface area contributed by atoms with E-state index in [-0.39, 0.29) is 4.90 Å². The monoisotopic (exact) mass is 374 g/mol. The predicted octanol–water partition coefficient (Wildman–Crippen LogP) is 4.10. The summed E-state index contributed by atoms with van der Waals surface area (Å²) in [6.07, 6.45) is 3.71. The number of piperidine rings is 1. The molecule has 26 heavy (non-hydrogen) atoms. The Labute approximate surface area is 156 Å². The Morgan fingerprint density at radius 2 is 1.62 bits per heavy atom. The van der Waals surface area contributed by atoms with Crippen LogP contribution in [0.5, 0.6) is 5.75 Å². The van der Waals surface area contributed by atoms with Gasteiger partial charge in [-0.3, -0.25) is 4.72 Å². The number of hydrogen-bond donors (Lipinski definition) is 1. The third kappa shape index (κ3) is 3.96. The molecule has 1 saturated heterocycles. The normalized spacial score (nSPS) is 15.0. The smallest absolute Gasteiger partial charge is 0.262 e. The van der Waals surface area contributed by atoms with Gasteiger partial charge in [0.25, 0.3) is 10.0 Å². The zero-order valence-electron chi connectivity index (χ0n) is 15.6. The lowest BCUT2D eigenvalue weighted by Crippen LogP contribution is -2.29. The maximum Gasteiger partial charge on any atom is 0.262 e. The van der Waals surface area contributed by atoms with Crippen LogP contribution in [-0.4, -0.2) is 28.6 Å². The Hall–Kier alpha value is -2.21. The van der Waals surface area contributed by atoms with Crippen LogP contribution in [0.25, 0.3) is 0 Å². The SMILES string of the molecule is COc1cc(C)c(S(=O)(=O)Nc2ccc(N3CCCCC3)cc2)cc1C. The first-order valence-electron chi connectivity index (χ1n) is 8.94. The van der Waals surface area contributed by atoms with E-state index in [1.54, 1.807) is 26.2 Å². The molecule has 1 aliphatic heterocycles. The zero-order chi connectivity index (χ0) is 18.7. The summed E-state index contributed by atoms with van der Waals surface area (Å²) in [4.78, 5) is 2.62. The van der Waals surface area contributed by atoms with Gasteiger partial charge in [0, 0.05) is 24.5 Å². The zero-order valence-corrected chi connectivity index (χ0v) is 16.4. The first-order chi connectivity index (χ1) is 12.4. The van der Waals surface area contributed by atoms with Gasteiger partial charge in [0.05, 0.1) is 12.0 Å². The minimum Gasteiger partial charge on any atom is -0.496 e. The van der Waals surface area contributed by atoms with Crippen molar-refractivity contribution in [1.82, 2.24) is 0 Å². The summed E-state index contributed by atoms with van der Waals surface area (Å²) in [5.41, 5.74) is 3.16. The van der Waals surface area contributed by atoms with Crippen LogP contribution in [0.3, 0.4) is 0 Å². The molecule has 1 aliphatic rings. The van der Waals surface area contributed by atoms with Gasteiger partial charge in [-0.25, -0.2) is 8.42 Å². The van der Waals surface area contributed by atoms with Crippen molar-refractivity contribution in [3.05, 3.63) is 47.5 Å². The standard InChI is InChI=1S/C20H26N2O3S/c1-15-14-20(16(2)13-19(15)25-3)26(23,24)21-17-7-9-18(10-8-17)22-11-5-4-6-12-22/h7-10,13-14,21H,4-6,11-12H2,1-3H3. The van der Waals surface area contributed by atoms with Gasteiger partial charge in [0.15, 0.2) is 0 Å². The highest BCUT2D eigenvalue weighted by Gasteiger charge is 2.19. The lowest BCUT2D eigenvalue weighted by atomic mass is 10.1. The number of aryl methyl sites for hydroxylation is 2. The fraction of sp³-hybridized carbons (Fsp3) is 0.400. The molecule has 0 spiro atoms. The Balaban J connectivity index is 1.80. The van der Waals surface area contributed by atoms with E-state index in [1.807, 2.05) is 31.2 Å². The van der Waals surface area contributed by atoms with Crippen molar-refractivity contribution in [3.63, 3.8) is 0 Å². The Kier molecular flexibility index (Phi) is 5.41. The quantitative estimate of drug-likeness (QED) is 0.856. The molecular formula is C20H26N2O3S. The van der Waals surface area contributed by atoms with Crippen LogP contribution < -0.4 is 14.4 Å². The highest BCUT2D eigenvalue weighted by Crippen LogP contribution is 2.28. The number of rotatable bonds is 5. The third-order valence-corrected chi connectivity index (χ3v) is 6.35. The lowest BCUT2D eigenvalue weighted by Gasteiger charge is -2.28. The molecule has 1 N–H and O–H groups in total. The van der Waals surface area contributed by atoms with E-state index in [0.717, 1.165) is 24.3 Å². The maximum absolute atomic E-state index is 12.8. The van der Waals surface area contributed by atoms with E-state index >= 15 is 0 Å². The molecule has 0 aliphatic carbocycles. The van der Waals surface area contributed by atoms with Crippen LogP contribution >= 0.6 is 0 Å². The number of anilines is 2. The van der Waals surface area contributed by atoms with E-state index in [4.69, 9.17) is 4.74 Å². The van der Waals surface area contributed by atoms with E-state index in [2.05, 4.69) is 9.62 Å². The van der Waals surface area contributed by atoms with E-state index in [1.165, 1.54) is 19.3 Å². The number of sulfonamides is 1. The van der Waals surface area contributed by atoms with Crippen molar-refractivity contribution in [2.45, 2.75) is 38.0 Å². The molecular weight excluding hydrogens is 348 g/mol. The van der Waals surface area contributed by atoms with Gasteiger partial charge in [-0.15, -0.1) is 0 Å². The maximum atomic E-state index is 12.8. The van der Waals surface area contributed by atoms with Gasteiger partial charge >= 0.3 is 0 Å². The fourth-order valence-corrected chi connectivity index (χ4v) is 4.75. The summed E-state index contributed by atoms with van der Waals surface area (Å²) < 4.78 is 33.5. The Bertz CT molecular complexity index is 871. The average molecular weight is 375 g/mol. The third-order valence-electron chi connectivity index (χ3n) is 4.82. The fourth-order valence-electron chi connectivity index (χ4n) is 3.38. The summed E-state index contributed by atoms with van der Waals surface area (Å²) in [6.45, 7) is 5.74. The van der Waals surface area contributed by atoms with Gasteiger partial charge < -0.3 is 9.64 Å². The Morgan fingerprint density at radius 3 is 2.23 bits per heavy atom. The minimum atomic E-state index is -3.65.